The summed E-state index contributed by atoms with van der Waals surface area (Å²) >= 11 is 0. The third kappa shape index (κ3) is 7.76. The Morgan fingerprint density at radius 1 is 0.951 bits per heavy atom. The highest BCUT2D eigenvalue weighted by Gasteiger charge is 2.43. The Labute approximate surface area is 230 Å². The summed E-state index contributed by atoms with van der Waals surface area (Å²) in [4.78, 5) is 52.2. The van der Waals surface area contributed by atoms with E-state index in [0.29, 0.717) is 30.5 Å². The molecule has 0 spiro atoms. The van der Waals surface area contributed by atoms with Crippen LogP contribution in [0.1, 0.15) is 42.4 Å². The maximum absolute atomic E-state index is 13.7. The number of halogens is 6. The molecule has 0 bridgehead atoms. The number of carbonyl (C=O) groups is 4. The van der Waals surface area contributed by atoms with Gasteiger partial charge < -0.3 is 20.3 Å². The first-order valence-corrected chi connectivity index (χ1v) is 12.7. The van der Waals surface area contributed by atoms with Gasteiger partial charge in [0.25, 0.3) is 5.91 Å². The van der Waals surface area contributed by atoms with Crippen molar-refractivity contribution in [2.24, 2.45) is 0 Å². The summed E-state index contributed by atoms with van der Waals surface area (Å²) in [7, 11) is 0. The zero-order valence-corrected chi connectivity index (χ0v) is 21.3. The van der Waals surface area contributed by atoms with E-state index < -0.39 is 71.5 Å². The van der Waals surface area contributed by atoms with E-state index in [-0.39, 0.29) is 25.3 Å². The van der Waals surface area contributed by atoms with Crippen LogP contribution in [-0.4, -0.2) is 52.9 Å². The van der Waals surface area contributed by atoms with Crippen LogP contribution in [0.2, 0.25) is 0 Å². The predicted molar refractivity (Wildman–Crippen MR) is 130 cm³/mol. The Balaban J connectivity index is 1.59. The van der Waals surface area contributed by atoms with E-state index in [1.807, 2.05) is 0 Å². The number of alkyl halides is 6. The molecule has 2 N–H and O–H groups in total. The monoisotopic (exact) mass is 585 g/mol. The predicted octanol–water partition coefficient (Wildman–Crippen LogP) is 3.67. The first-order valence-electron chi connectivity index (χ1n) is 12.7. The van der Waals surface area contributed by atoms with Crippen molar-refractivity contribution >= 4 is 23.5 Å². The van der Waals surface area contributed by atoms with Crippen molar-refractivity contribution < 1.29 is 50.3 Å². The molecular formula is C27H25F6N3O5. The number of hydrogen-bond donors (Lipinski definition) is 2. The number of Topliss-reactive ketones (excluding diaryl/α,β-unsaturated/α-hetero) is 1. The van der Waals surface area contributed by atoms with Crippen LogP contribution in [0, 0.1) is 0 Å². The highest BCUT2D eigenvalue weighted by Crippen LogP contribution is 2.39. The standard InChI is InChI=1S/C27H25F6N3O5/c28-26(29,30)18-7-4-8-21(41-27(31,32)33)17(18)14-36-20(11-12-22(36)37)24(39)35-19(13-15-5-2-1-3-6-15)23(38)25(40)34-16-9-10-16/h1-8,16,19-20H,9-14H2,(H,34,40)(H,35,39)/t19?,20-/m1/s1. The minimum absolute atomic E-state index is 0.0926. The molecule has 1 unspecified atom stereocenters. The molecule has 2 aromatic carbocycles. The van der Waals surface area contributed by atoms with Gasteiger partial charge in [0.1, 0.15) is 17.8 Å². The summed E-state index contributed by atoms with van der Waals surface area (Å²) in [6, 6.07) is 7.42. The van der Waals surface area contributed by atoms with Crippen LogP contribution in [0.5, 0.6) is 5.75 Å². The van der Waals surface area contributed by atoms with Gasteiger partial charge in [-0.05, 0) is 37.0 Å². The Kier molecular flexibility index (Phi) is 8.59. The van der Waals surface area contributed by atoms with Crippen molar-refractivity contribution in [2.45, 2.75) is 69.3 Å². The Morgan fingerprint density at radius 3 is 2.24 bits per heavy atom. The van der Waals surface area contributed by atoms with Gasteiger partial charge in [0.05, 0.1) is 12.1 Å². The lowest BCUT2D eigenvalue weighted by molar-refractivity contribution is -0.275. The second-order valence-corrected chi connectivity index (χ2v) is 9.77. The fourth-order valence-electron chi connectivity index (χ4n) is 4.56. The van der Waals surface area contributed by atoms with Gasteiger partial charge in [0, 0.05) is 24.4 Å². The van der Waals surface area contributed by atoms with Crippen molar-refractivity contribution in [2.75, 3.05) is 0 Å². The van der Waals surface area contributed by atoms with Crippen molar-refractivity contribution in [1.29, 1.82) is 0 Å². The summed E-state index contributed by atoms with van der Waals surface area (Å²) in [6.07, 6.45) is -9.55. The number of likely N-dealkylation sites (tertiary alicyclic amines) is 1. The van der Waals surface area contributed by atoms with Gasteiger partial charge in [0.15, 0.2) is 0 Å². The van der Waals surface area contributed by atoms with Crippen molar-refractivity contribution in [3.63, 3.8) is 0 Å². The molecule has 1 aliphatic carbocycles. The topological polar surface area (TPSA) is 105 Å². The molecule has 2 fully saturated rings. The normalized spacial score (nSPS) is 18.1. The van der Waals surface area contributed by atoms with Gasteiger partial charge in [-0.3, -0.25) is 19.2 Å². The molecule has 2 atom stereocenters. The summed E-state index contributed by atoms with van der Waals surface area (Å²) in [5.41, 5.74) is -1.85. The molecule has 220 valence electrons. The summed E-state index contributed by atoms with van der Waals surface area (Å²) in [5, 5.41) is 4.98. The van der Waals surface area contributed by atoms with Crippen LogP contribution in [0.4, 0.5) is 26.3 Å². The van der Waals surface area contributed by atoms with Gasteiger partial charge in [-0.1, -0.05) is 36.4 Å². The lowest BCUT2D eigenvalue weighted by Gasteiger charge is -2.28. The smallest absolute Gasteiger partial charge is 0.405 e. The zero-order chi connectivity index (χ0) is 29.9. The number of amides is 3. The second-order valence-electron chi connectivity index (χ2n) is 9.77. The van der Waals surface area contributed by atoms with Crippen LogP contribution in [0.25, 0.3) is 0 Å². The van der Waals surface area contributed by atoms with E-state index in [4.69, 9.17) is 0 Å². The molecule has 8 nitrogen and oxygen atoms in total. The largest absolute Gasteiger partial charge is 0.573 e. The average molecular weight is 586 g/mol. The Bertz CT molecular complexity index is 1310. The van der Waals surface area contributed by atoms with Gasteiger partial charge in [-0.15, -0.1) is 13.2 Å². The lowest BCUT2D eigenvalue weighted by Crippen LogP contribution is -2.53. The van der Waals surface area contributed by atoms with Crippen LogP contribution in [0.3, 0.4) is 0 Å². The first kappa shape index (κ1) is 29.9. The highest BCUT2D eigenvalue weighted by molar-refractivity contribution is 6.38. The molecule has 2 aliphatic rings. The van der Waals surface area contributed by atoms with Gasteiger partial charge in [0.2, 0.25) is 17.6 Å². The first-order chi connectivity index (χ1) is 19.2. The number of carbonyl (C=O) groups excluding carboxylic acids is 4. The van der Waals surface area contributed by atoms with E-state index in [0.717, 1.165) is 11.0 Å². The molecule has 1 saturated heterocycles. The molecule has 3 amide bonds. The van der Waals surface area contributed by atoms with Gasteiger partial charge >= 0.3 is 12.5 Å². The number of nitrogens with one attached hydrogen (secondary N) is 2. The fourth-order valence-corrected chi connectivity index (χ4v) is 4.56. The van der Waals surface area contributed by atoms with E-state index in [1.54, 1.807) is 30.3 Å². The third-order valence-electron chi connectivity index (χ3n) is 6.68. The summed E-state index contributed by atoms with van der Waals surface area (Å²) < 4.78 is 83.9. The molecule has 1 heterocycles. The highest BCUT2D eigenvalue weighted by atomic mass is 19.4. The maximum Gasteiger partial charge on any atom is 0.573 e. The number of benzene rings is 2. The number of ether oxygens (including phenoxy) is 1. The molecule has 14 heteroatoms. The molecular weight excluding hydrogens is 560 g/mol. The number of nitrogens with zero attached hydrogens (tertiary/aromatic N) is 1. The summed E-state index contributed by atoms with van der Waals surface area (Å²) in [6.45, 7) is -1.02. The molecule has 4 rings (SSSR count). The average Bonchev–Trinajstić information content (AvgIpc) is 3.63. The lowest BCUT2D eigenvalue weighted by atomic mass is 10.0. The van der Waals surface area contributed by atoms with E-state index in [9.17, 15) is 45.5 Å². The van der Waals surface area contributed by atoms with Crippen LogP contribution in [0.15, 0.2) is 48.5 Å². The van der Waals surface area contributed by atoms with E-state index in [1.165, 1.54) is 0 Å². The van der Waals surface area contributed by atoms with Crippen LogP contribution >= 0.6 is 0 Å². The molecule has 2 aromatic rings. The van der Waals surface area contributed by atoms with E-state index >= 15 is 0 Å². The molecule has 0 aromatic heterocycles. The quantitative estimate of drug-likeness (QED) is 0.327. The maximum atomic E-state index is 13.7. The minimum Gasteiger partial charge on any atom is -0.405 e. The zero-order valence-electron chi connectivity index (χ0n) is 21.3. The number of rotatable bonds is 10. The molecule has 1 aliphatic heterocycles. The van der Waals surface area contributed by atoms with Crippen molar-refractivity contribution in [1.82, 2.24) is 15.5 Å². The minimum atomic E-state index is -5.32. The Hall–Kier alpha value is -4.10. The van der Waals surface area contributed by atoms with Crippen LogP contribution in [-0.2, 0) is 38.3 Å². The number of ketones is 1. The van der Waals surface area contributed by atoms with Crippen LogP contribution < -0.4 is 15.4 Å². The molecule has 0 radical (unpaired) electrons. The molecule has 41 heavy (non-hydrogen) atoms. The Morgan fingerprint density at radius 2 is 1.63 bits per heavy atom. The fraction of sp³-hybridized carbons (Fsp3) is 0.407. The summed E-state index contributed by atoms with van der Waals surface area (Å²) in [5.74, 6) is -4.75. The van der Waals surface area contributed by atoms with Crippen molar-refractivity contribution in [3.05, 3.63) is 65.2 Å². The SMILES string of the molecule is O=C(NC1CC1)C(=O)C(Cc1ccccc1)NC(=O)[C@H]1CCC(=O)N1Cc1c(OC(F)(F)F)cccc1C(F)(F)F. The molecule has 1 saturated carbocycles. The van der Waals surface area contributed by atoms with Crippen molar-refractivity contribution in [3.8, 4) is 5.75 Å². The van der Waals surface area contributed by atoms with Gasteiger partial charge in [-0.2, -0.15) is 13.2 Å². The second kappa shape index (κ2) is 11.8. The van der Waals surface area contributed by atoms with E-state index in [2.05, 4.69) is 15.4 Å². The number of hydrogen-bond acceptors (Lipinski definition) is 5. The third-order valence-corrected chi connectivity index (χ3v) is 6.68. The van der Waals surface area contributed by atoms with Gasteiger partial charge in [-0.25, -0.2) is 0 Å².